The lowest BCUT2D eigenvalue weighted by atomic mass is 10.1. The normalized spacial score (nSPS) is 12.2. The number of hydrogen-bond donors (Lipinski definition) is 1. The molecule has 3 nitrogen and oxygen atoms in total. The number of thioether (sulfide) groups is 1. The number of carbonyl (C=O) groups excluding carboxylic acids is 1. The van der Waals surface area contributed by atoms with E-state index < -0.39 is 0 Å². The first-order chi connectivity index (χ1) is 8.58. The molecule has 0 spiro atoms. The Bertz CT molecular complexity index is 409. The van der Waals surface area contributed by atoms with E-state index in [1.165, 1.54) is 18.9 Å². The Kier molecular flexibility index (Phi) is 6.54. The largest absolute Gasteiger partial charge is 0.495 e. The van der Waals surface area contributed by atoms with Crippen LogP contribution >= 0.6 is 23.4 Å². The number of aliphatic hydroxyl groups is 1. The Morgan fingerprint density at radius 3 is 2.83 bits per heavy atom. The first-order valence-corrected chi connectivity index (χ1v) is 7.10. The van der Waals surface area contributed by atoms with Crippen LogP contribution in [0, 0.1) is 0 Å². The lowest BCUT2D eigenvalue weighted by molar-refractivity contribution is 0.102. The van der Waals surface area contributed by atoms with Crippen molar-refractivity contribution in [2.24, 2.45) is 0 Å². The zero-order valence-electron chi connectivity index (χ0n) is 10.5. The molecule has 5 heteroatoms. The number of halogens is 1. The summed E-state index contributed by atoms with van der Waals surface area (Å²) < 4.78 is 5.03. The number of methoxy groups -OCH3 is 1. The molecule has 18 heavy (non-hydrogen) atoms. The topological polar surface area (TPSA) is 46.5 Å². The third-order valence-electron chi connectivity index (χ3n) is 2.51. The second kappa shape index (κ2) is 7.67. The molecule has 0 aromatic heterocycles. The molecule has 0 bridgehead atoms. The highest BCUT2D eigenvalue weighted by molar-refractivity contribution is 8.00. The molecule has 0 heterocycles. The van der Waals surface area contributed by atoms with Gasteiger partial charge in [-0.2, -0.15) is 11.8 Å². The number of ketones is 1. The van der Waals surface area contributed by atoms with Crippen molar-refractivity contribution in [1.29, 1.82) is 0 Å². The summed E-state index contributed by atoms with van der Waals surface area (Å²) in [4.78, 5) is 11.9. The van der Waals surface area contributed by atoms with Gasteiger partial charge in [0.15, 0.2) is 5.78 Å². The van der Waals surface area contributed by atoms with Crippen molar-refractivity contribution >= 4 is 29.1 Å². The molecule has 1 aromatic carbocycles. The Morgan fingerprint density at radius 2 is 2.28 bits per heavy atom. The molecule has 100 valence electrons. The van der Waals surface area contributed by atoms with Gasteiger partial charge in [-0.25, -0.2) is 0 Å². The molecule has 0 aliphatic carbocycles. The van der Waals surface area contributed by atoms with Crippen molar-refractivity contribution in [2.75, 3.05) is 19.5 Å². The zero-order chi connectivity index (χ0) is 13.5. The molecular formula is C13H17ClO3S. The first-order valence-electron chi connectivity index (χ1n) is 5.67. The Labute approximate surface area is 116 Å². The van der Waals surface area contributed by atoms with Crippen LogP contribution in [-0.2, 0) is 0 Å². The summed E-state index contributed by atoms with van der Waals surface area (Å²) in [7, 11) is 1.54. The van der Waals surface area contributed by atoms with Crippen LogP contribution in [0.1, 0.15) is 23.7 Å². The highest BCUT2D eigenvalue weighted by Gasteiger charge is 2.11. The average molecular weight is 289 g/mol. The van der Waals surface area contributed by atoms with Gasteiger partial charge in [-0.3, -0.25) is 4.79 Å². The van der Waals surface area contributed by atoms with E-state index in [2.05, 4.69) is 0 Å². The van der Waals surface area contributed by atoms with E-state index in [9.17, 15) is 4.79 Å². The van der Waals surface area contributed by atoms with Crippen LogP contribution in [0.5, 0.6) is 5.75 Å². The smallest absolute Gasteiger partial charge is 0.172 e. The van der Waals surface area contributed by atoms with E-state index in [4.69, 9.17) is 21.4 Å². The third-order valence-corrected chi connectivity index (χ3v) is 4.04. The predicted molar refractivity (Wildman–Crippen MR) is 76.0 cm³/mol. The van der Waals surface area contributed by atoms with Gasteiger partial charge in [-0.1, -0.05) is 18.5 Å². The van der Waals surface area contributed by atoms with E-state index >= 15 is 0 Å². The minimum absolute atomic E-state index is 0.0364. The number of ether oxygens (including phenoxy) is 1. The molecule has 0 saturated heterocycles. The van der Waals surface area contributed by atoms with Crippen LogP contribution < -0.4 is 4.74 Å². The van der Waals surface area contributed by atoms with Crippen molar-refractivity contribution in [3.05, 3.63) is 28.8 Å². The van der Waals surface area contributed by atoms with Crippen LogP contribution in [0.3, 0.4) is 0 Å². The lowest BCUT2D eigenvalue weighted by Crippen LogP contribution is -2.08. The van der Waals surface area contributed by atoms with Crippen LogP contribution in [0.4, 0.5) is 0 Å². The summed E-state index contributed by atoms with van der Waals surface area (Å²) in [6.45, 7) is 2.14. The maximum Gasteiger partial charge on any atom is 0.172 e. The fraction of sp³-hybridized carbons (Fsp3) is 0.462. The summed E-state index contributed by atoms with van der Waals surface area (Å²) in [6, 6.07) is 5.03. The molecule has 1 unspecified atom stereocenters. The van der Waals surface area contributed by atoms with Gasteiger partial charge >= 0.3 is 0 Å². The number of aliphatic hydroxyl groups excluding tert-OH is 1. The SMILES string of the molecule is COc1ccc(C(=O)CSC(C)CCO)cc1Cl. The van der Waals surface area contributed by atoms with E-state index in [1.807, 2.05) is 6.92 Å². The van der Waals surface area contributed by atoms with Crippen LogP contribution in [-0.4, -0.2) is 35.6 Å². The van der Waals surface area contributed by atoms with Gasteiger partial charge in [0.1, 0.15) is 5.75 Å². The summed E-state index contributed by atoms with van der Waals surface area (Å²) >= 11 is 7.50. The van der Waals surface area contributed by atoms with E-state index in [0.29, 0.717) is 28.5 Å². The predicted octanol–water partition coefficient (Wildman–Crippen LogP) is 3.04. The molecule has 0 amide bonds. The van der Waals surface area contributed by atoms with Gasteiger partial charge in [-0.05, 0) is 24.6 Å². The van der Waals surface area contributed by atoms with E-state index in [0.717, 1.165) is 0 Å². The molecule has 1 N–H and O–H groups in total. The van der Waals surface area contributed by atoms with Crippen LogP contribution in [0.15, 0.2) is 18.2 Å². The van der Waals surface area contributed by atoms with Gasteiger partial charge in [0.05, 0.1) is 17.9 Å². The van der Waals surface area contributed by atoms with Crippen LogP contribution in [0.25, 0.3) is 0 Å². The highest BCUT2D eigenvalue weighted by Crippen LogP contribution is 2.26. The second-order valence-electron chi connectivity index (χ2n) is 3.91. The Morgan fingerprint density at radius 1 is 1.56 bits per heavy atom. The average Bonchev–Trinajstić information content (AvgIpc) is 2.36. The quantitative estimate of drug-likeness (QED) is 0.784. The molecule has 1 atom stereocenters. The van der Waals surface area contributed by atoms with Crippen molar-refractivity contribution in [2.45, 2.75) is 18.6 Å². The molecule has 0 fully saturated rings. The van der Waals surface area contributed by atoms with Crippen molar-refractivity contribution in [3.8, 4) is 5.75 Å². The summed E-state index contributed by atoms with van der Waals surface area (Å²) in [5.41, 5.74) is 0.587. The molecular weight excluding hydrogens is 272 g/mol. The minimum atomic E-state index is 0.0364. The number of carbonyl (C=O) groups is 1. The third kappa shape index (κ3) is 4.52. The summed E-state index contributed by atoms with van der Waals surface area (Å²) in [6.07, 6.45) is 0.696. The Balaban J connectivity index is 2.59. The number of Topliss-reactive ketones (excluding diaryl/α,β-unsaturated/α-hetero) is 1. The fourth-order valence-electron chi connectivity index (χ4n) is 1.41. The molecule has 0 aliphatic heterocycles. The number of rotatable bonds is 7. The van der Waals surface area contributed by atoms with Crippen molar-refractivity contribution < 1.29 is 14.6 Å². The molecule has 1 rings (SSSR count). The summed E-state index contributed by atoms with van der Waals surface area (Å²) in [5.74, 6) is 0.993. The van der Waals surface area contributed by atoms with Gasteiger partial charge in [0.25, 0.3) is 0 Å². The second-order valence-corrected chi connectivity index (χ2v) is 5.74. The number of benzene rings is 1. The standard InChI is InChI=1S/C13H17ClO3S/c1-9(5-6-15)18-8-12(16)10-3-4-13(17-2)11(14)7-10/h3-4,7,9,15H,5-6,8H2,1-2H3. The van der Waals surface area contributed by atoms with Crippen molar-refractivity contribution in [3.63, 3.8) is 0 Å². The molecule has 0 saturated carbocycles. The van der Waals surface area contributed by atoms with Gasteiger partial charge < -0.3 is 9.84 Å². The monoisotopic (exact) mass is 288 g/mol. The van der Waals surface area contributed by atoms with Gasteiger partial charge in [-0.15, -0.1) is 0 Å². The molecule has 0 radical (unpaired) electrons. The van der Waals surface area contributed by atoms with E-state index in [1.54, 1.807) is 18.2 Å². The minimum Gasteiger partial charge on any atom is -0.495 e. The summed E-state index contributed by atoms with van der Waals surface area (Å²) in [5, 5.41) is 9.50. The molecule has 1 aromatic rings. The Hall–Kier alpha value is -0.710. The fourth-order valence-corrected chi connectivity index (χ4v) is 2.54. The first kappa shape index (κ1) is 15.3. The van der Waals surface area contributed by atoms with Gasteiger partial charge in [0, 0.05) is 17.4 Å². The lowest BCUT2D eigenvalue weighted by Gasteiger charge is -2.09. The van der Waals surface area contributed by atoms with Crippen LogP contribution in [0.2, 0.25) is 5.02 Å². The van der Waals surface area contributed by atoms with E-state index in [-0.39, 0.29) is 17.6 Å². The maximum absolute atomic E-state index is 11.9. The highest BCUT2D eigenvalue weighted by atomic mass is 35.5. The number of hydrogen-bond acceptors (Lipinski definition) is 4. The zero-order valence-corrected chi connectivity index (χ0v) is 12.1. The maximum atomic E-state index is 11.9. The van der Waals surface area contributed by atoms with Gasteiger partial charge in [0.2, 0.25) is 0 Å². The van der Waals surface area contributed by atoms with Crippen molar-refractivity contribution in [1.82, 2.24) is 0 Å². The molecule has 0 aliphatic rings.